The average Bonchev–Trinajstić information content (AvgIpc) is 2.97. The van der Waals surface area contributed by atoms with E-state index in [9.17, 15) is 14.3 Å². The van der Waals surface area contributed by atoms with Gasteiger partial charge in [-0.3, -0.25) is 9.13 Å². The quantitative estimate of drug-likeness (QED) is 0.379. The highest BCUT2D eigenvalue weighted by molar-refractivity contribution is 6.32. The molecule has 9 nitrogen and oxygen atoms in total. The number of rotatable bonds is 9. The average molecular weight is 454 g/mol. The minimum absolute atomic E-state index is 0.108. The summed E-state index contributed by atoms with van der Waals surface area (Å²) in [5, 5.41) is 13.2. The summed E-state index contributed by atoms with van der Waals surface area (Å²) in [5.74, 6) is 0.108. The first-order valence-corrected chi connectivity index (χ1v) is 9.97. The number of aryl methyl sites for hydroxylation is 1. The smallest absolute Gasteiger partial charge is 0.329 e. The molecule has 0 spiro atoms. The molecule has 0 atom stereocenters. The van der Waals surface area contributed by atoms with Crippen LogP contribution in [-0.4, -0.2) is 50.3 Å². The Morgan fingerprint density at radius 2 is 1.97 bits per heavy atom. The standard InChI is InChI=1S/C20H25ClFN5O4/c1-20(2,29)7-8-26-15-9-12(24-17-13(21)10-23-18(22)25-17)5-6-14(15)27(19(26)28)11-16(30-3)31-4/h5-6,9-10,16,29H,7-8,11H2,1-4H3,(H,23,24,25). The Morgan fingerprint density at radius 1 is 1.26 bits per heavy atom. The van der Waals surface area contributed by atoms with E-state index in [1.807, 2.05) is 0 Å². The van der Waals surface area contributed by atoms with E-state index < -0.39 is 18.0 Å². The summed E-state index contributed by atoms with van der Waals surface area (Å²) in [6.45, 7) is 3.85. The number of halogens is 2. The number of anilines is 2. The van der Waals surface area contributed by atoms with Crippen LogP contribution >= 0.6 is 11.6 Å². The van der Waals surface area contributed by atoms with Gasteiger partial charge >= 0.3 is 11.8 Å². The largest absolute Gasteiger partial charge is 0.390 e. The number of aromatic nitrogens is 4. The number of nitrogens with one attached hydrogen (secondary N) is 1. The molecule has 2 aromatic heterocycles. The first-order valence-electron chi connectivity index (χ1n) is 9.59. The zero-order chi connectivity index (χ0) is 22.8. The fraction of sp³-hybridized carbons (Fsp3) is 0.450. The summed E-state index contributed by atoms with van der Waals surface area (Å²) < 4.78 is 27.0. The van der Waals surface area contributed by atoms with E-state index in [1.54, 1.807) is 41.2 Å². The predicted octanol–water partition coefficient (Wildman–Crippen LogP) is 2.91. The van der Waals surface area contributed by atoms with Gasteiger partial charge in [-0.05, 0) is 38.5 Å². The van der Waals surface area contributed by atoms with Crippen LogP contribution < -0.4 is 11.0 Å². The summed E-state index contributed by atoms with van der Waals surface area (Å²) in [4.78, 5) is 20.2. The van der Waals surface area contributed by atoms with Gasteiger partial charge < -0.3 is 19.9 Å². The van der Waals surface area contributed by atoms with Crippen LogP contribution in [0.2, 0.25) is 5.02 Å². The lowest BCUT2D eigenvalue weighted by Gasteiger charge is -2.17. The molecule has 0 amide bonds. The van der Waals surface area contributed by atoms with E-state index in [-0.39, 0.29) is 23.1 Å². The maximum Gasteiger partial charge on any atom is 0.329 e. The zero-order valence-corrected chi connectivity index (χ0v) is 18.5. The molecule has 3 rings (SSSR count). The second kappa shape index (κ2) is 9.31. The number of ether oxygens (including phenoxy) is 2. The van der Waals surface area contributed by atoms with E-state index in [0.29, 0.717) is 29.7 Å². The maximum atomic E-state index is 13.4. The van der Waals surface area contributed by atoms with Crippen LogP contribution in [0.5, 0.6) is 0 Å². The molecule has 11 heteroatoms. The van der Waals surface area contributed by atoms with E-state index >= 15 is 0 Å². The van der Waals surface area contributed by atoms with Gasteiger partial charge in [0.15, 0.2) is 12.1 Å². The molecule has 0 radical (unpaired) electrons. The van der Waals surface area contributed by atoms with E-state index in [4.69, 9.17) is 21.1 Å². The lowest BCUT2D eigenvalue weighted by Crippen LogP contribution is -2.31. The van der Waals surface area contributed by atoms with Crippen molar-refractivity contribution in [3.05, 3.63) is 46.0 Å². The van der Waals surface area contributed by atoms with Gasteiger partial charge in [-0.15, -0.1) is 0 Å². The maximum absolute atomic E-state index is 13.4. The van der Waals surface area contributed by atoms with E-state index in [0.717, 1.165) is 6.20 Å². The molecule has 0 unspecified atom stereocenters. The fourth-order valence-electron chi connectivity index (χ4n) is 3.14. The number of nitrogens with zero attached hydrogens (tertiary/aromatic N) is 4. The van der Waals surface area contributed by atoms with Crippen LogP contribution in [-0.2, 0) is 22.6 Å². The van der Waals surface area contributed by atoms with Gasteiger partial charge in [0.2, 0.25) is 0 Å². The molecule has 0 saturated heterocycles. The zero-order valence-electron chi connectivity index (χ0n) is 17.7. The molecule has 0 aliphatic rings. The number of fused-ring (bicyclic) bond motifs is 1. The lowest BCUT2D eigenvalue weighted by molar-refractivity contribution is -0.110. The number of hydrogen-bond acceptors (Lipinski definition) is 7. The molecule has 168 valence electrons. The molecule has 0 fully saturated rings. The molecule has 0 saturated carbocycles. The summed E-state index contributed by atoms with van der Waals surface area (Å²) in [6.07, 6.45) is 0.0128. The van der Waals surface area contributed by atoms with Crippen LogP contribution in [0.3, 0.4) is 0 Å². The highest BCUT2D eigenvalue weighted by atomic mass is 35.5. The summed E-state index contributed by atoms with van der Waals surface area (Å²) in [6, 6.07) is 5.22. The molecule has 3 aromatic rings. The molecule has 0 bridgehead atoms. The van der Waals surface area contributed by atoms with Gasteiger partial charge in [0, 0.05) is 26.5 Å². The van der Waals surface area contributed by atoms with E-state index in [1.165, 1.54) is 14.2 Å². The van der Waals surface area contributed by atoms with Crippen molar-refractivity contribution in [2.45, 2.75) is 45.2 Å². The molecular weight excluding hydrogens is 429 g/mol. The minimum Gasteiger partial charge on any atom is -0.390 e. The fourth-order valence-corrected chi connectivity index (χ4v) is 3.28. The minimum atomic E-state index is -0.947. The van der Waals surface area contributed by atoms with Gasteiger partial charge in [0.05, 0.1) is 29.4 Å². The molecule has 0 aliphatic heterocycles. The molecule has 2 heterocycles. The summed E-state index contributed by atoms with van der Waals surface area (Å²) in [5.41, 5.74) is 0.622. The van der Waals surface area contributed by atoms with Gasteiger partial charge in [0.25, 0.3) is 0 Å². The van der Waals surface area contributed by atoms with Crippen LogP contribution in [0.15, 0.2) is 29.2 Å². The Balaban J connectivity index is 2.07. The predicted molar refractivity (Wildman–Crippen MR) is 115 cm³/mol. The normalized spacial score (nSPS) is 12.1. The van der Waals surface area contributed by atoms with Crippen molar-refractivity contribution in [3.63, 3.8) is 0 Å². The second-order valence-corrected chi connectivity index (χ2v) is 8.08. The number of hydrogen-bond donors (Lipinski definition) is 2. The van der Waals surface area contributed by atoms with Crippen LogP contribution in [0.1, 0.15) is 20.3 Å². The van der Waals surface area contributed by atoms with Crippen LogP contribution in [0.25, 0.3) is 11.0 Å². The Hall–Kier alpha value is -2.53. The van der Waals surface area contributed by atoms with Crippen molar-refractivity contribution >= 4 is 34.1 Å². The van der Waals surface area contributed by atoms with Crippen molar-refractivity contribution in [1.82, 2.24) is 19.1 Å². The van der Waals surface area contributed by atoms with Crippen molar-refractivity contribution in [3.8, 4) is 0 Å². The summed E-state index contributed by atoms with van der Waals surface area (Å²) >= 11 is 6.05. The highest BCUT2D eigenvalue weighted by Crippen LogP contribution is 2.26. The second-order valence-electron chi connectivity index (χ2n) is 7.67. The van der Waals surface area contributed by atoms with Gasteiger partial charge in [-0.25, -0.2) is 9.78 Å². The Morgan fingerprint density at radius 3 is 2.61 bits per heavy atom. The SMILES string of the molecule is COC(Cn1c(=O)n(CCC(C)(C)O)c2cc(Nc3nc(F)ncc3Cl)ccc21)OC. The third kappa shape index (κ3) is 5.40. The Labute approximate surface area is 183 Å². The molecule has 0 aliphatic carbocycles. The third-order valence-electron chi connectivity index (χ3n) is 4.80. The highest BCUT2D eigenvalue weighted by Gasteiger charge is 2.20. The van der Waals surface area contributed by atoms with Crippen molar-refractivity contribution in [2.24, 2.45) is 0 Å². The first-order chi connectivity index (χ1) is 14.6. The molecule has 31 heavy (non-hydrogen) atoms. The van der Waals surface area contributed by atoms with Crippen LogP contribution in [0, 0.1) is 6.08 Å². The number of aliphatic hydroxyl groups is 1. The molecular formula is C20H25ClFN5O4. The first kappa shape index (κ1) is 23.1. The van der Waals surface area contributed by atoms with Gasteiger partial charge in [-0.2, -0.15) is 9.37 Å². The monoisotopic (exact) mass is 453 g/mol. The van der Waals surface area contributed by atoms with Crippen LogP contribution in [0.4, 0.5) is 15.9 Å². The Kier molecular flexibility index (Phi) is 6.95. The topological polar surface area (TPSA) is 103 Å². The number of methoxy groups -OCH3 is 2. The van der Waals surface area contributed by atoms with E-state index in [2.05, 4.69) is 15.3 Å². The molecule has 1 aromatic carbocycles. The lowest BCUT2D eigenvalue weighted by atomic mass is 10.1. The molecule has 2 N–H and O–H groups in total. The third-order valence-corrected chi connectivity index (χ3v) is 5.08. The van der Waals surface area contributed by atoms with Gasteiger partial charge in [-0.1, -0.05) is 11.6 Å². The van der Waals surface area contributed by atoms with Crippen molar-refractivity contribution in [2.75, 3.05) is 19.5 Å². The summed E-state index contributed by atoms with van der Waals surface area (Å²) in [7, 11) is 3.00. The number of imidazole rings is 1. The van der Waals surface area contributed by atoms with Gasteiger partial charge in [0.1, 0.15) is 5.02 Å². The van der Waals surface area contributed by atoms with Crippen molar-refractivity contribution in [1.29, 1.82) is 0 Å². The van der Waals surface area contributed by atoms with Crippen molar-refractivity contribution < 1.29 is 19.0 Å². The number of benzene rings is 1. The Bertz CT molecular complexity index is 1120.